The Labute approximate surface area is 267 Å². The van der Waals surface area contributed by atoms with Crippen molar-refractivity contribution in [2.24, 2.45) is 5.16 Å². The molecule has 0 aliphatic carbocycles. The second-order valence-corrected chi connectivity index (χ2v) is 11.8. The van der Waals surface area contributed by atoms with Gasteiger partial charge in [-0.2, -0.15) is 0 Å². The van der Waals surface area contributed by atoms with Crippen molar-refractivity contribution in [2.45, 2.75) is 116 Å². The molecule has 0 bridgehead atoms. The lowest BCUT2D eigenvalue weighted by atomic mass is 10.1. The Kier molecular flexibility index (Phi) is 13.5. The highest BCUT2D eigenvalue weighted by molar-refractivity contribution is 14.1. The average molecular weight is 713 g/mol. The van der Waals surface area contributed by atoms with Crippen molar-refractivity contribution in [3.63, 3.8) is 0 Å². The van der Waals surface area contributed by atoms with E-state index < -0.39 is 0 Å². The normalized spacial score (nSPS) is 22.1. The molecule has 0 radical (unpaired) electrons. The largest absolute Gasteiger partial charge is 0.411 e. The van der Waals surface area contributed by atoms with Gasteiger partial charge in [0.15, 0.2) is 16.3 Å². The minimum absolute atomic E-state index is 0.0178. The summed E-state index contributed by atoms with van der Waals surface area (Å²) in [6.07, 6.45) is 16.5. The highest BCUT2D eigenvalue weighted by Gasteiger charge is 2.25. The number of ether oxygens (including phenoxy) is 4. The van der Waals surface area contributed by atoms with Crippen LogP contribution >= 0.6 is 22.6 Å². The van der Waals surface area contributed by atoms with Crippen LogP contribution in [0.1, 0.15) is 121 Å². The van der Waals surface area contributed by atoms with Crippen LogP contribution in [0.4, 0.5) is 0 Å². The van der Waals surface area contributed by atoms with Gasteiger partial charge in [-0.25, -0.2) is 9.97 Å². The maximum atomic E-state index is 8.74. The van der Waals surface area contributed by atoms with Crippen LogP contribution in [0, 0.1) is 3.77 Å². The summed E-state index contributed by atoms with van der Waals surface area (Å²) < 4.78 is 33.4. The Hall–Kier alpha value is -2.33. The molecule has 12 nitrogen and oxygen atoms in total. The van der Waals surface area contributed by atoms with E-state index in [4.69, 9.17) is 28.7 Å². The number of aromatic nitrogens is 5. The third kappa shape index (κ3) is 9.33. The molecule has 0 saturated carbocycles. The highest BCUT2D eigenvalue weighted by Crippen LogP contribution is 2.29. The predicted octanol–water partition coefficient (Wildman–Crippen LogP) is 6.98. The minimum atomic E-state index is -0.158. The summed E-state index contributed by atoms with van der Waals surface area (Å²) in [7, 11) is 0. The van der Waals surface area contributed by atoms with Gasteiger partial charge < -0.3 is 37.8 Å². The van der Waals surface area contributed by atoms with Gasteiger partial charge in [0.05, 0.1) is 18.3 Å². The molecular formula is C30H45IN6O6. The molecule has 13 heteroatoms. The third-order valence-corrected chi connectivity index (χ3v) is 8.20. The molecule has 5 heterocycles. The summed E-state index contributed by atoms with van der Waals surface area (Å²) in [6.45, 7) is 9.70. The van der Waals surface area contributed by atoms with Gasteiger partial charge >= 0.3 is 0 Å². The summed E-state index contributed by atoms with van der Waals surface area (Å²) >= 11 is 2.13. The van der Waals surface area contributed by atoms with E-state index in [0.717, 1.165) is 85.7 Å². The van der Waals surface area contributed by atoms with Gasteiger partial charge in [-0.3, -0.25) is 0 Å². The van der Waals surface area contributed by atoms with E-state index in [2.05, 4.69) is 54.4 Å². The molecular weight excluding hydrogens is 667 g/mol. The van der Waals surface area contributed by atoms with Crippen LogP contribution in [0.5, 0.6) is 0 Å². The fraction of sp³-hybridized carbons (Fsp3) is 0.667. The minimum Gasteiger partial charge on any atom is -0.411 e. The van der Waals surface area contributed by atoms with Crippen LogP contribution in [0.15, 0.2) is 40.5 Å². The molecule has 2 unspecified atom stereocenters. The molecule has 3 aromatic rings. The van der Waals surface area contributed by atoms with Crippen LogP contribution in [-0.4, -0.2) is 61.5 Å². The average Bonchev–Trinajstić information content (AvgIpc) is 3.80. The van der Waals surface area contributed by atoms with Crippen molar-refractivity contribution in [1.82, 2.24) is 24.3 Å². The smallest absolute Gasteiger partial charge is 0.196 e. The van der Waals surface area contributed by atoms with E-state index in [1.54, 1.807) is 6.20 Å². The van der Waals surface area contributed by atoms with Crippen LogP contribution < -0.4 is 0 Å². The second-order valence-electron chi connectivity index (χ2n) is 10.8. The third-order valence-electron chi connectivity index (χ3n) is 7.69. The monoisotopic (exact) mass is 712 g/mol. The molecule has 2 aliphatic heterocycles. The zero-order valence-corrected chi connectivity index (χ0v) is 27.7. The van der Waals surface area contributed by atoms with Gasteiger partial charge in [-0.1, -0.05) is 24.2 Å². The maximum absolute atomic E-state index is 8.74. The van der Waals surface area contributed by atoms with Crippen molar-refractivity contribution in [1.29, 1.82) is 0 Å². The first-order valence-electron chi connectivity index (χ1n) is 15.3. The quantitative estimate of drug-likeness (QED) is 0.0915. The van der Waals surface area contributed by atoms with Crippen LogP contribution in [-0.2, 0) is 18.9 Å². The molecule has 0 spiro atoms. The second kappa shape index (κ2) is 17.2. The molecule has 3 aromatic heterocycles. The van der Waals surface area contributed by atoms with Gasteiger partial charge in [0.2, 0.25) is 0 Å². The van der Waals surface area contributed by atoms with Gasteiger partial charge in [0.1, 0.15) is 29.6 Å². The standard InChI is InChI=1S/C16H22IN3O3.C14H23N3O3/c1-3-13(12-10-14(17)23-19-12)20-8-7-18-16(20)11(2)22-15-6-4-5-9-21-15;1-3-12(10-16-18)17-8-7-15-14(17)11(2)20-13-6-4-5-9-19-13/h7-8,10-11,13,15H,3-6,9H2,1-2H3;7-8,10-13,18H,3-6,9H2,1-2H3/b;16-10+/t11-,13+,15?;11-,12+,13?/m00/s1. The molecule has 0 amide bonds. The summed E-state index contributed by atoms with van der Waals surface area (Å²) in [5, 5.41) is 16.0. The molecule has 2 fully saturated rings. The van der Waals surface area contributed by atoms with E-state index in [9.17, 15) is 0 Å². The lowest BCUT2D eigenvalue weighted by molar-refractivity contribution is -0.188. The SMILES string of the molecule is CC[C@H](/C=N/O)n1ccnc1[C@H](C)OC1CCCCO1.CC[C@H](c1cc(I)on1)n1ccnc1[C@H](C)OC1CCCCO1. The maximum Gasteiger partial charge on any atom is 0.196 e. The fourth-order valence-electron chi connectivity index (χ4n) is 5.46. The predicted molar refractivity (Wildman–Crippen MR) is 168 cm³/mol. The van der Waals surface area contributed by atoms with Crippen molar-refractivity contribution < 1.29 is 28.7 Å². The van der Waals surface area contributed by atoms with Crippen LogP contribution in [0.2, 0.25) is 0 Å². The van der Waals surface area contributed by atoms with Crippen LogP contribution in [0.3, 0.4) is 0 Å². The first-order valence-corrected chi connectivity index (χ1v) is 16.4. The lowest BCUT2D eigenvalue weighted by Gasteiger charge is -2.27. The molecule has 43 heavy (non-hydrogen) atoms. The number of imidazole rings is 2. The van der Waals surface area contributed by atoms with E-state index in [1.165, 1.54) is 6.21 Å². The molecule has 2 aliphatic rings. The number of nitrogens with zero attached hydrogens (tertiary/aromatic N) is 6. The summed E-state index contributed by atoms with van der Waals surface area (Å²) in [5.41, 5.74) is 0.914. The molecule has 2 saturated heterocycles. The van der Waals surface area contributed by atoms with Gasteiger partial charge in [0.25, 0.3) is 0 Å². The van der Waals surface area contributed by atoms with Gasteiger partial charge in [-0.05, 0) is 65.2 Å². The Morgan fingerprint density at radius 1 is 0.953 bits per heavy atom. The number of rotatable bonds is 12. The Morgan fingerprint density at radius 3 is 2.00 bits per heavy atom. The van der Waals surface area contributed by atoms with Crippen molar-refractivity contribution in [2.75, 3.05) is 13.2 Å². The molecule has 1 N–H and O–H groups in total. The van der Waals surface area contributed by atoms with E-state index in [0.29, 0.717) is 0 Å². The number of hydrogen-bond acceptors (Lipinski definition) is 10. The van der Waals surface area contributed by atoms with E-state index in [1.807, 2.05) is 50.0 Å². The summed E-state index contributed by atoms with van der Waals surface area (Å²) in [5.74, 6) is 1.72. The summed E-state index contributed by atoms with van der Waals surface area (Å²) in [6, 6.07) is 2.04. The molecule has 0 aromatic carbocycles. The van der Waals surface area contributed by atoms with Crippen LogP contribution in [0.25, 0.3) is 0 Å². The van der Waals surface area contributed by atoms with Gasteiger partial charge in [-0.15, -0.1) is 0 Å². The van der Waals surface area contributed by atoms with Gasteiger partial charge in [0, 0.05) is 66.7 Å². The Bertz CT molecular complexity index is 1240. The molecule has 5 rings (SSSR count). The topological polar surface area (TPSA) is 131 Å². The fourth-order valence-corrected chi connectivity index (χ4v) is 5.88. The number of hydrogen-bond donors (Lipinski definition) is 1. The van der Waals surface area contributed by atoms with Crippen molar-refractivity contribution in [3.05, 3.63) is 52.0 Å². The Balaban J connectivity index is 0.000000199. The first-order chi connectivity index (χ1) is 20.9. The molecule has 6 atom stereocenters. The molecule has 238 valence electrons. The van der Waals surface area contributed by atoms with E-state index >= 15 is 0 Å². The first kappa shape index (κ1) is 33.6. The summed E-state index contributed by atoms with van der Waals surface area (Å²) in [4.78, 5) is 8.88. The number of halogens is 1. The Morgan fingerprint density at radius 2 is 1.53 bits per heavy atom. The van der Waals surface area contributed by atoms with E-state index in [-0.39, 0.29) is 36.9 Å². The highest BCUT2D eigenvalue weighted by atomic mass is 127. The zero-order valence-electron chi connectivity index (χ0n) is 25.5. The van der Waals surface area contributed by atoms with Crippen molar-refractivity contribution >= 4 is 28.8 Å². The zero-order chi connectivity index (χ0) is 30.6. The van der Waals surface area contributed by atoms with Crippen molar-refractivity contribution in [3.8, 4) is 0 Å². The number of oxime groups is 1. The lowest BCUT2D eigenvalue weighted by Crippen LogP contribution is -2.25.